The molecule has 0 aliphatic carbocycles. The van der Waals surface area contributed by atoms with E-state index in [0.29, 0.717) is 6.42 Å². The molecule has 14 nitrogen and oxygen atoms in total. The molecule has 3 atom stereocenters. The second-order valence-electron chi connectivity index (χ2n) is 9.96. The standard InChI is InChI=1S/C27H45N3O11/c1-2-3-4-5-6-7-8-9-10-11-21(31)28-18(25(37)30-20(27(40)41)14-17-24(35)36)12-15-22(32)29-19(26(38)39)13-16-23(33)34/h18-20H,2-17H2,1H3,(H,28,31)(H,29,32)(H,30,37)(H,33,34)(H,35,36)(H,38,39)(H,40,41). The van der Waals surface area contributed by atoms with Crippen molar-refractivity contribution in [1.82, 2.24) is 16.0 Å². The number of rotatable bonds is 25. The SMILES string of the molecule is CCCCCCCCCCCC(=O)NC(CCC(=O)NC(CCC(=O)O)C(=O)O)C(=O)NC(CCC(=O)O)C(=O)O. The molecule has 0 bridgehead atoms. The first-order valence-electron chi connectivity index (χ1n) is 14.2. The lowest BCUT2D eigenvalue weighted by Crippen LogP contribution is -2.52. The first kappa shape index (κ1) is 37.3. The number of aliphatic carboxylic acids is 4. The summed E-state index contributed by atoms with van der Waals surface area (Å²) in [5, 5.41) is 43.0. The van der Waals surface area contributed by atoms with Crippen LogP contribution in [0.2, 0.25) is 0 Å². The molecule has 0 aromatic carbocycles. The highest BCUT2D eigenvalue weighted by Gasteiger charge is 2.28. The Balaban J connectivity index is 5.10. The van der Waals surface area contributed by atoms with Crippen molar-refractivity contribution >= 4 is 41.6 Å². The molecule has 0 saturated heterocycles. The minimum absolute atomic E-state index is 0.101. The van der Waals surface area contributed by atoms with E-state index in [0.717, 1.165) is 25.7 Å². The molecule has 3 amide bonds. The van der Waals surface area contributed by atoms with Gasteiger partial charge in [0.25, 0.3) is 0 Å². The smallest absolute Gasteiger partial charge is 0.326 e. The molecule has 0 radical (unpaired) electrons. The third-order valence-electron chi connectivity index (χ3n) is 6.36. The number of carboxylic acids is 4. The largest absolute Gasteiger partial charge is 0.481 e. The van der Waals surface area contributed by atoms with Crippen LogP contribution < -0.4 is 16.0 Å². The molecule has 41 heavy (non-hydrogen) atoms. The number of unbranched alkanes of at least 4 members (excludes halogenated alkanes) is 8. The molecule has 14 heteroatoms. The summed E-state index contributed by atoms with van der Waals surface area (Å²) in [5.74, 6) is -7.65. The molecule has 0 saturated carbocycles. The maximum atomic E-state index is 12.9. The van der Waals surface area contributed by atoms with Crippen molar-refractivity contribution in [3.63, 3.8) is 0 Å². The van der Waals surface area contributed by atoms with Crippen molar-refractivity contribution in [3.8, 4) is 0 Å². The van der Waals surface area contributed by atoms with Gasteiger partial charge in [0.1, 0.15) is 18.1 Å². The van der Waals surface area contributed by atoms with Crippen molar-refractivity contribution < 1.29 is 54.0 Å². The van der Waals surface area contributed by atoms with Gasteiger partial charge in [-0.3, -0.25) is 24.0 Å². The van der Waals surface area contributed by atoms with Crippen molar-refractivity contribution in [2.75, 3.05) is 0 Å². The van der Waals surface area contributed by atoms with Crippen molar-refractivity contribution in [3.05, 3.63) is 0 Å². The topological polar surface area (TPSA) is 236 Å². The molecule has 3 unspecified atom stereocenters. The van der Waals surface area contributed by atoms with Crippen LogP contribution in [0.5, 0.6) is 0 Å². The summed E-state index contributed by atoms with van der Waals surface area (Å²) in [4.78, 5) is 82.1. The van der Waals surface area contributed by atoms with E-state index < -0.39 is 85.4 Å². The molecule has 0 aliphatic heterocycles. The molecule has 0 spiro atoms. The Morgan fingerprint density at radius 1 is 0.488 bits per heavy atom. The van der Waals surface area contributed by atoms with Crippen LogP contribution in [0.1, 0.15) is 110 Å². The number of hydrogen-bond acceptors (Lipinski definition) is 7. The Hall–Kier alpha value is -3.71. The van der Waals surface area contributed by atoms with Crippen LogP contribution in [0.4, 0.5) is 0 Å². The third-order valence-corrected chi connectivity index (χ3v) is 6.36. The summed E-state index contributed by atoms with van der Waals surface area (Å²) in [7, 11) is 0. The summed E-state index contributed by atoms with van der Waals surface area (Å²) < 4.78 is 0. The lowest BCUT2D eigenvalue weighted by atomic mass is 10.1. The fourth-order valence-corrected chi connectivity index (χ4v) is 4.00. The van der Waals surface area contributed by atoms with E-state index in [4.69, 9.17) is 10.2 Å². The summed E-state index contributed by atoms with van der Waals surface area (Å²) >= 11 is 0. The van der Waals surface area contributed by atoms with E-state index >= 15 is 0 Å². The average molecular weight is 588 g/mol. The van der Waals surface area contributed by atoms with Gasteiger partial charge in [0.2, 0.25) is 17.7 Å². The van der Waals surface area contributed by atoms with E-state index in [9.17, 15) is 43.8 Å². The number of nitrogens with one attached hydrogen (secondary N) is 3. The average Bonchev–Trinajstić information content (AvgIpc) is 2.89. The maximum Gasteiger partial charge on any atom is 0.326 e. The first-order chi connectivity index (χ1) is 19.4. The van der Waals surface area contributed by atoms with Crippen molar-refractivity contribution in [2.45, 2.75) is 128 Å². The first-order valence-corrected chi connectivity index (χ1v) is 14.2. The number of carbonyl (C=O) groups is 7. The summed E-state index contributed by atoms with van der Waals surface area (Å²) in [6.45, 7) is 2.15. The monoisotopic (exact) mass is 587 g/mol. The highest BCUT2D eigenvalue weighted by Crippen LogP contribution is 2.11. The Labute approximate surface area is 239 Å². The molecule has 0 rings (SSSR count). The van der Waals surface area contributed by atoms with Crippen LogP contribution in [0, 0.1) is 0 Å². The van der Waals surface area contributed by atoms with Crippen LogP contribution in [0.3, 0.4) is 0 Å². The zero-order valence-electron chi connectivity index (χ0n) is 23.7. The van der Waals surface area contributed by atoms with Crippen molar-refractivity contribution in [2.24, 2.45) is 0 Å². The number of hydrogen-bond donors (Lipinski definition) is 7. The number of carboxylic acid groups (broad SMARTS) is 4. The molecular formula is C27H45N3O11. The molecule has 0 fully saturated rings. The van der Waals surface area contributed by atoms with Crippen LogP contribution >= 0.6 is 0 Å². The van der Waals surface area contributed by atoms with Crippen LogP contribution in [0.25, 0.3) is 0 Å². The van der Waals surface area contributed by atoms with Crippen LogP contribution in [-0.2, 0) is 33.6 Å². The number of amides is 3. The van der Waals surface area contributed by atoms with Gasteiger partial charge >= 0.3 is 23.9 Å². The van der Waals surface area contributed by atoms with Gasteiger partial charge in [-0.15, -0.1) is 0 Å². The third kappa shape index (κ3) is 19.9. The van der Waals surface area contributed by atoms with E-state index in [1.165, 1.54) is 25.7 Å². The van der Waals surface area contributed by atoms with Gasteiger partial charge in [-0.1, -0.05) is 58.3 Å². The highest BCUT2D eigenvalue weighted by atomic mass is 16.4. The van der Waals surface area contributed by atoms with Gasteiger partial charge in [0.05, 0.1) is 0 Å². The quantitative estimate of drug-likeness (QED) is 0.0763. The fourth-order valence-electron chi connectivity index (χ4n) is 4.00. The Bertz CT molecular complexity index is 879. The van der Waals surface area contributed by atoms with E-state index in [-0.39, 0.29) is 19.3 Å². The van der Waals surface area contributed by atoms with E-state index in [1.54, 1.807) is 0 Å². The van der Waals surface area contributed by atoms with Gasteiger partial charge in [0.15, 0.2) is 0 Å². The summed E-state index contributed by atoms with van der Waals surface area (Å²) in [6.07, 6.45) is 6.87. The molecule has 7 N–H and O–H groups in total. The van der Waals surface area contributed by atoms with E-state index in [2.05, 4.69) is 22.9 Å². The van der Waals surface area contributed by atoms with Gasteiger partial charge in [0, 0.05) is 25.7 Å². The summed E-state index contributed by atoms with van der Waals surface area (Å²) in [6, 6.07) is -4.36. The zero-order chi connectivity index (χ0) is 31.2. The van der Waals surface area contributed by atoms with Gasteiger partial charge in [-0.05, 0) is 25.7 Å². The van der Waals surface area contributed by atoms with Crippen LogP contribution in [-0.4, -0.2) is 80.2 Å². The number of carbonyl (C=O) groups excluding carboxylic acids is 3. The van der Waals surface area contributed by atoms with Gasteiger partial charge in [-0.2, -0.15) is 0 Å². The Morgan fingerprint density at radius 2 is 0.878 bits per heavy atom. The van der Waals surface area contributed by atoms with Gasteiger partial charge < -0.3 is 36.4 Å². The van der Waals surface area contributed by atoms with Crippen LogP contribution in [0.15, 0.2) is 0 Å². The minimum atomic E-state index is -1.54. The van der Waals surface area contributed by atoms with Gasteiger partial charge in [-0.25, -0.2) is 9.59 Å². The normalized spacial score (nSPS) is 12.9. The molecular weight excluding hydrogens is 542 g/mol. The molecule has 0 heterocycles. The molecule has 0 aliphatic rings. The predicted molar refractivity (Wildman–Crippen MR) is 146 cm³/mol. The fraction of sp³-hybridized carbons (Fsp3) is 0.741. The Kier molecular flexibility index (Phi) is 20.0. The zero-order valence-corrected chi connectivity index (χ0v) is 23.7. The predicted octanol–water partition coefficient (Wildman–Crippen LogP) is 2.04. The molecule has 234 valence electrons. The molecule has 0 aromatic rings. The Morgan fingerprint density at radius 3 is 1.34 bits per heavy atom. The maximum absolute atomic E-state index is 12.9. The highest BCUT2D eigenvalue weighted by molar-refractivity contribution is 5.91. The second kappa shape index (κ2) is 22.0. The molecule has 0 aromatic heterocycles. The minimum Gasteiger partial charge on any atom is -0.481 e. The second-order valence-corrected chi connectivity index (χ2v) is 9.96. The summed E-state index contributed by atoms with van der Waals surface area (Å²) in [5.41, 5.74) is 0. The lowest BCUT2D eigenvalue weighted by Gasteiger charge is -2.22. The van der Waals surface area contributed by atoms with E-state index in [1.807, 2.05) is 0 Å². The van der Waals surface area contributed by atoms with Crippen molar-refractivity contribution in [1.29, 1.82) is 0 Å². The lowest BCUT2D eigenvalue weighted by molar-refractivity contribution is -0.144.